The Balaban J connectivity index is 1.99. The smallest absolute Gasteiger partial charge is 0.307 e. The largest absolute Gasteiger partial charge is 0.481 e. The molecule has 1 unspecified atom stereocenters. The number of hydrogen-bond donors (Lipinski definition) is 3. The molecule has 2 heterocycles. The van der Waals surface area contributed by atoms with E-state index in [1.807, 2.05) is 0 Å². The van der Waals surface area contributed by atoms with E-state index in [-0.39, 0.29) is 13.1 Å². The Morgan fingerprint density at radius 1 is 1.65 bits per heavy atom. The number of aryl methyl sites for hydroxylation is 1. The summed E-state index contributed by atoms with van der Waals surface area (Å²) < 4.78 is 28.0. The van der Waals surface area contributed by atoms with Crippen LogP contribution in [0.5, 0.6) is 0 Å². The average Bonchev–Trinajstić information content (AvgIpc) is 2.82. The minimum absolute atomic E-state index is 0.0229. The molecule has 1 atom stereocenters. The first kappa shape index (κ1) is 14.9. The van der Waals surface area contributed by atoms with Crippen molar-refractivity contribution in [3.05, 3.63) is 17.5 Å². The standard InChI is InChI=1S/C11H18N4O4S/c1-8-10(5-12-14-8)6-13-20(18,19)15-4-2-3-9(7-15)11(16)17/h5,9,13H,2-4,6-7H2,1H3,(H,12,14)(H,16,17). The van der Waals surface area contributed by atoms with Crippen molar-refractivity contribution in [3.63, 3.8) is 0 Å². The molecule has 112 valence electrons. The van der Waals surface area contributed by atoms with Gasteiger partial charge in [0.1, 0.15) is 0 Å². The summed E-state index contributed by atoms with van der Waals surface area (Å²) in [5.41, 5.74) is 1.56. The first-order valence-electron chi connectivity index (χ1n) is 6.36. The molecule has 0 aliphatic carbocycles. The number of aromatic amines is 1. The average molecular weight is 302 g/mol. The number of nitrogens with one attached hydrogen (secondary N) is 2. The van der Waals surface area contributed by atoms with E-state index in [0.29, 0.717) is 19.4 Å². The highest BCUT2D eigenvalue weighted by Crippen LogP contribution is 2.19. The van der Waals surface area contributed by atoms with Crippen molar-refractivity contribution in [1.29, 1.82) is 0 Å². The van der Waals surface area contributed by atoms with Crippen molar-refractivity contribution in [2.75, 3.05) is 13.1 Å². The number of carbonyl (C=O) groups is 1. The maximum Gasteiger partial charge on any atom is 0.307 e. The minimum atomic E-state index is -3.66. The van der Waals surface area contributed by atoms with Gasteiger partial charge < -0.3 is 5.11 Å². The molecule has 1 aromatic rings. The van der Waals surface area contributed by atoms with Gasteiger partial charge in [0.2, 0.25) is 0 Å². The Labute approximate surface area is 117 Å². The predicted molar refractivity (Wildman–Crippen MR) is 71.0 cm³/mol. The first-order chi connectivity index (χ1) is 9.40. The topological polar surface area (TPSA) is 115 Å². The summed E-state index contributed by atoms with van der Waals surface area (Å²) in [6.07, 6.45) is 2.64. The van der Waals surface area contributed by atoms with Gasteiger partial charge in [-0.3, -0.25) is 9.89 Å². The zero-order chi connectivity index (χ0) is 14.8. The number of rotatable bonds is 5. The highest BCUT2D eigenvalue weighted by molar-refractivity contribution is 7.87. The number of nitrogens with zero attached hydrogens (tertiary/aromatic N) is 2. The van der Waals surface area contributed by atoms with Crippen LogP contribution >= 0.6 is 0 Å². The van der Waals surface area contributed by atoms with Gasteiger partial charge in [0.15, 0.2) is 0 Å². The van der Waals surface area contributed by atoms with Gasteiger partial charge in [-0.15, -0.1) is 0 Å². The molecule has 0 radical (unpaired) electrons. The van der Waals surface area contributed by atoms with E-state index in [9.17, 15) is 13.2 Å². The van der Waals surface area contributed by atoms with Gasteiger partial charge in [0.25, 0.3) is 10.2 Å². The van der Waals surface area contributed by atoms with E-state index in [1.54, 1.807) is 13.1 Å². The van der Waals surface area contributed by atoms with Crippen molar-refractivity contribution < 1.29 is 18.3 Å². The summed E-state index contributed by atoms with van der Waals surface area (Å²) in [6.45, 7) is 2.31. The summed E-state index contributed by atoms with van der Waals surface area (Å²) in [4.78, 5) is 11.0. The Kier molecular flexibility index (Phi) is 4.41. The van der Waals surface area contributed by atoms with E-state index < -0.39 is 22.1 Å². The molecule has 2 rings (SSSR count). The van der Waals surface area contributed by atoms with Crippen molar-refractivity contribution in [3.8, 4) is 0 Å². The third kappa shape index (κ3) is 3.35. The van der Waals surface area contributed by atoms with Gasteiger partial charge in [-0.1, -0.05) is 0 Å². The zero-order valence-corrected chi connectivity index (χ0v) is 12.0. The number of carboxylic acids is 1. The zero-order valence-electron chi connectivity index (χ0n) is 11.2. The highest BCUT2D eigenvalue weighted by atomic mass is 32.2. The summed E-state index contributed by atoms with van der Waals surface area (Å²) in [5.74, 6) is -1.58. The predicted octanol–water partition coefficient (Wildman–Crippen LogP) is -0.151. The molecule has 20 heavy (non-hydrogen) atoms. The maximum absolute atomic E-state index is 12.2. The monoisotopic (exact) mass is 302 g/mol. The number of hydrogen-bond acceptors (Lipinski definition) is 4. The van der Waals surface area contributed by atoms with Gasteiger partial charge in [-0.2, -0.15) is 22.5 Å². The van der Waals surface area contributed by atoms with Crippen LogP contribution in [0.3, 0.4) is 0 Å². The molecule has 0 amide bonds. The van der Waals surface area contributed by atoms with Crippen LogP contribution in [0.4, 0.5) is 0 Å². The van der Waals surface area contributed by atoms with Crippen LogP contribution in [0.2, 0.25) is 0 Å². The Bertz CT molecular complexity index is 583. The second kappa shape index (κ2) is 5.90. The van der Waals surface area contributed by atoms with E-state index >= 15 is 0 Å². The van der Waals surface area contributed by atoms with Crippen LogP contribution in [-0.2, 0) is 21.5 Å². The molecule has 1 fully saturated rings. The lowest BCUT2D eigenvalue weighted by atomic mass is 10.0. The molecule has 1 aliphatic heterocycles. The van der Waals surface area contributed by atoms with Crippen molar-refractivity contribution >= 4 is 16.2 Å². The van der Waals surface area contributed by atoms with Crippen LogP contribution in [-0.4, -0.2) is 47.1 Å². The maximum atomic E-state index is 12.2. The minimum Gasteiger partial charge on any atom is -0.481 e. The fraction of sp³-hybridized carbons (Fsp3) is 0.636. The van der Waals surface area contributed by atoms with E-state index in [4.69, 9.17) is 5.11 Å². The third-order valence-corrected chi connectivity index (χ3v) is 4.97. The molecule has 1 saturated heterocycles. The van der Waals surface area contributed by atoms with Gasteiger partial charge in [-0.05, 0) is 19.8 Å². The van der Waals surface area contributed by atoms with Gasteiger partial charge in [0, 0.05) is 30.9 Å². The van der Waals surface area contributed by atoms with Crippen LogP contribution in [0.15, 0.2) is 6.20 Å². The number of piperidine rings is 1. The Hall–Kier alpha value is -1.45. The lowest BCUT2D eigenvalue weighted by Crippen LogP contribution is -2.47. The summed E-state index contributed by atoms with van der Waals surface area (Å²) in [6, 6.07) is 0. The number of aliphatic carboxylic acids is 1. The lowest BCUT2D eigenvalue weighted by molar-refractivity contribution is -0.142. The van der Waals surface area contributed by atoms with Crippen LogP contribution < -0.4 is 4.72 Å². The number of H-pyrrole nitrogens is 1. The van der Waals surface area contributed by atoms with Crippen molar-refractivity contribution in [2.45, 2.75) is 26.3 Å². The molecule has 0 aromatic carbocycles. The molecule has 1 aliphatic rings. The Morgan fingerprint density at radius 3 is 3.00 bits per heavy atom. The quantitative estimate of drug-likeness (QED) is 0.699. The third-order valence-electron chi connectivity index (χ3n) is 3.45. The molecule has 9 heteroatoms. The van der Waals surface area contributed by atoms with Gasteiger partial charge in [-0.25, -0.2) is 0 Å². The fourth-order valence-electron chi connectivity index (χ4n) is 2.18. The Morgan fingerprint density at radius 2 is 2.40 bits per heavy atom. The second-order valence-electron chi connectivity index (χ2n) is 4.88. The summed E-state index contributed by atoms with van der Waals surface area (Å²) >= 11 is 0. The van der Waals surface area contributed by atoms with Gasteiger partial charge >= 0.3 is 5.97 Å². The van der Waals surface area contributed by atoms with Crippen molar-refractivity contribution in [1.82, 2.24) is 19.2 Å². The second-order valence-corrected chi connectivity index (χ2v) is 6.64. The van der Waals surface area contributed by atoms with E-state index in [1.165, 1.54) is 4.31 Å². The normalized spacial score (nSPS) is 20.9. The highest BCUT2D eigenvalue weighted by Gasteiger charge is 2.32. The first-order valence-corrected chi connectivity index (χ1v) is 7.80. The molecule has 1 aromatic heterocycles. The number of aromatic nitrogens is 2. The van der Waals surface area contributed by atoms with E-state index in [2.05, 4.69) is 14.9 Å². The number of carboxylic acid groups (broad SMARTS) is 1. The van der Waals surface area contributed by atoms with Crippen LogP contribution in [0.25, 0.3) is 0 Å². The van der Waals surface area contributed by atoms with Gasteiger partial charge in [0.05, 0.1) is 12.1 Å². The lowest BCUT2D eigenvalue weighted by Gasteiger charge is -2.29. The summed E-state index contributed by atoms with van der Waals surface area (Å²) in [5, 5.41) is 15.5. The molecular weight excluding hydrogens is 284 g/mol. The molecule has 0 saturated carbocycles. The molecule has 0 spiro atoms. The van der Waals surface area contributed by atoms with E-state index in [0.717, 1.165) is 11.3 Å². The molecule has 3 N–H and O–H groups in total. The van der Waals surface area contributed by atoms with Crippen LogP contribution in [0, 0.1) is 12.8 Å². The summed E-state index contributed by atoms with van der Waals surface area (Å²) in [7, 11) is -3.66. The van der Waals surface area contributed by atoms with Crippen molar-refractivity contribution in [2.24, 2.45) is 5.92 Å². The fourth-order valence-corrected chi connectivity index (χ4v) is 3.44. The molecular formula is C11H18N4O4S. The SMILES string of the molecule is Cc1[nH]ncc1CNS(=O)(=O)N1CCCC(C(=O)O)C1. The molecule has 0 bridgehead atoms. The van der Waals surface area contributed by atoms with Crippen LogP contribution in [0.1, 0.15) is 24.1 Å². The molecule has 8 nitrogen and oxygen atoms in total.